The van der Waals surface area contributed by atoms with Gasteiger partial charge in [0.05, 0.1) is 17.4 Å². The molecular weight excluding hydrogens is 399 g/mol. The Bertz CT molecular complexity index is 1070. The van der Waals surface area contributed by atoms with Crippen LogP contribution < -0.4 is 10.6 Å². The first-order valence-electron chi connectivity index (χ1n) is 9.32. The molecule has 1 aliphatic heterocycles. The van der Waals surface area contributed by atoms with Crippen LogP contribution in [0.2, 0.25) is 0 Å². The van der Waals surface area contributed by atoms with E-state index in [0.29, 0.717) is 13.0 Å². The van der Waals surface area contributed by atoms with Crippen molar-refractivity contribution in [2.45, 2.75) is 25.1 Å². The zero-order valence-electron chi connectivity index (χ0n) is 15.7. The summed E-state index contributed by atoms with van der Waals surface area (Å²) in [6.45, 7) is 0.563. The molecule has 0 radical (unpaired) electrons. The van der Waals surface area contributed by atoms with Gasteiger partial charge >= 0.3 is 6.18 Å². The van der Waals surface area contributed by atoms with Gasteiger partial charge in [-0.15, -0.1) is 0 Å². The van der Waals surface area contributed by atoms with Crippen molar-refractivity contribution in [1.29, 1.82) is 0 Å². The summed E-state index contributed by atoms with van der Waals surface area (Å²) in [5.74, 6) is -0.519. The number of nitrogens with one attached hydrogen (secondary N) is 2. The normalized spacial score (nSPS) is 16.9. The van der Waals surface area contributed by atoms with E-state index in [9.17, 15) is 22.8 Å². The number of aromatic nitrogens is 3. The molecule has 3 heterocycles. The van der Waals surface area contributed by atoms with Crippen molar-refractivity contribution in [3.8, 4) is 11.5 Å². The molecule has 1 atom stereocenters. The van der Waals surface area contributed by atoms with E-state index in [0.717, 1.165) is 18.6 Å². The smallest absolute Gasteiger partial charge is 0.354 e. The number of alkyl halides is 3. The summed E-state index contributed by atoms with van der Waals surface area (Å²) in [4.78, 5) is 24.9. The van der Waals surface area contributed by atoms with Crippen LogP contribution in [-0.4, -0.2) is 38.7 Å². The molecule has 0 bridgehead atoms. The van der Waals surface area contributed by atoms with Crippen LogP contribution >= 0.6 is 0 Å². The molecule has 1 aromatic carbocycles. The molecule has 2 aromatic heterocycles. The largest absolute Gasteiger partial charge is 0.416 e. The Hall–Kier alpha value is -3.56. The summed E-state index contributed by atoms with van der Waals surface area (Å²) in [5, 5.41) is 9.55. The topological polar surface area (TPSA) is 81.0 Å². The van der Waals surface area contributed by atoms with E-state index in [4.69, 9.17) is 0 Å². The van der Waals surface area contributed by atoms with Crippen LogP contribution in [0.25, 0.3) is 11.5 Å². The number of nitrogens with zero attached hydrogens (tertiary/aromatic N) is 3. The summed E-state index contributed by atoms with van der Waals surface area (Å²) in [5.41, 5.74) is -0.524. The molecule has 7 nitrogen and oxygen atoms in total. The van der Waals surface area contributed by atoms with Crippen molar-refractivity contribution in [2.75, 3.05) is 6.54 Å². The minimum Gasteiger partial charge on any atom is -0.354 e. The van der Waals surface area contributed by atoms with Crippen molar-refractivity contribution in [1.82, 2.24) is 25.0 Å². The van der Waals surface area contributed by atoms with Crippen molar-refractivity contribution in [3.05, 3.63) is 66.1 Å². The number of piperidine rings is 1. The molecule has 156 valence electrons. The van der Waals surface area contributed by atoms with Crippen LogP contribution in [0.15, 0.2) is 55.0 Å². The predicted molar refractivity (Wildman–Crippen MR) is 101 cm³/mol. The van der Waals surface area contributed by atoms with Gasteiger partial charge in [0.25, 0.3) is 5.91 Å². The number of amides is 2. The third-order valence-corrected chi connectivity index (χ3v) is 4.85. The van der Waals surface area contributed by atoms with Crippen LogP contribution in [0.3, 0.4) is 0 Å². The molecule has 1 unspecified atom stereocenters. The van der Waals surface area contributed by atoms with Gasteiger partial charge in [-0.3, -0.25) is 9.59 Å². The minimum atomic E-state index is -4.51. The van der Waals surface area contributed by atoms with E-state index in [2.05, 4.69) is 15.7 Å². The molecule has 0 aliphatic carbocycles. The number of hydrogen-bond donors (Lipinski definition) is 2. The molecular formula is C20H18F3N5O2. The monoisotopic (exact) mass is 417 g/mol. The second kappa shape index (κ2) is 7.69. The first-order chi connectivity index (χ1) is 14.3. The Morgan fingerprint density at radius 3 is 2.67 bits per heavy atom. The van der Waals surface area contributed by atoms with Crippen molar-refractivity contribution in [2.24, 2.45) is 0 Å². The fraction of sp³-hybridized carbons (Fsp3) is 0.250. The SMILES string of the molecule is O=C(NC1CCCNC1=O)c1cnn(-c2cccc(C(F)(F)F)c2)c1-n1cccc1. The summed E-state index contributed by atoms with van der Waals surface area (Å²) in [6.07, 6.45) is 1.34. The summed E-state index contributed by atoms with van der Waals surface area (Å²) < 4.78 is 42.3. The average molecular weight is 417 g/mol. The van der Waals surface area contributed by atoms with Crippen LogP contribution in [0.4, 0.5) is 13.2 Å². The van der Waals surface area contributed by atoms with E-state index < -0.39 is 23.7 Å². The van der Waals surface area contributed by atoms with Gasteiger partial charge in [-0.2, -0.15) is 18.3 Å². The highest BCUT2D eigenvalue weighted by Crippen LogP contribution is 2.31. The summed E-state index contributed by atoms with van der Waals surface area (Å²) >= 11 is 0. The van der Waals surface area contributed by atoms with E-state index in [-0.39, 0.29) is 23.0 Å². The number of benzene rings is 1. The molecule has 2 amide bonds. The number of hydrogen-bond acceptors (Lipinski definition) is 3. The zero-order valence-corrected chi connectivity index (χ0v) is 15.7. The molecule has 2 N–H and O–H groups in total. The summed E-state index contributed by atoms with van der Waals surface area (Å²) in [6, 6.07) is 7.48. The maximum atomic E-state index is 13.2. The molecule has 3 aromatic rings. The third kappa shape index (κ3) is 3.80. The second-order valence-electron chi connectivity index (χ2n) is 6.89. The van der Waals surface area contributed by atoms with E-state index >= 15 is 0 Å². The van der Waals surface area contributed by atoms with Crippen LogP contribution in [0.5, 0.6) is 0 Å². The minimum absolute atomic E-state index is 0.141. The highest BCUT2D eigenvalue weighted by Gasteiger charge is 2.31. The Balaban J connectivity index is 1.74. The number of carbonyl (C=O) groups excluding carboxylic acids is 2. The Morgan fingerprint density at radius 2 is 1.97 bits per heavy atom. The van der Waals surface area contributed by atoms with Crippen LogP contribution in [-0.2, 0) is 11.0 Å². The Kier molecular flexibility index (Phi) is 5.06. The first kappa shape index (κ1) is 19.7. The molecule has 10 heteroatoms. The molecule has 0 spiro atoms. The maximum absolute atomic E-state index is 13.2. The maximum Gasteiger partial charge on any atom is 0.416 e. The lowest BCUT2D eigenvalue weighted by molar-refractivity contribution is -0.137. The van der Waals surface area contributed by atoms with Gasteiger partial charge in [-0.1, -0.05) is 6.07 Å². The molecule has 0 saturated carbocycles. The van der Waals surface area contributed by atoms with Crippen molar-refractivity contribution in [3.63, 3.8) is 0 Å². The van der Waals surface area contributed by atoms with Gasteiger partial charge in [0, 0.05) is 18.9 Å². The number of rotatable bonds is 4. The molecule has 1 fully saturated rings. The standard InChI is InChI=1S/C20H18F3N5O2/c21-20(22,23)13-5-3-6-14(11-13)28-19(27-9-1-2-10-27)15(12-25-28)17(29)26-16-7-4-8-24-18(16)30/h1-3,5-6,9-12,16H,4,7-8H2,(H,24,30)(H,26,29). The van der Waals surface area contributed by atoms with Gasteiger partial charge < -0.3 is 15.2 Å². The van der Waals surface area contributed by atoms with Crippen molar-refractivity contribution < 1.29 is 22.8 Å². The van der Waals surface area contributed by atoms with Gasteiger partial charge in [0.1, 0.15) is 11.6 Å². The van der Waals surface area contributed by atoms with E-state index in [1.807, 2.05) is 0 Å². The molecule has 1 saturated heterocycles. The van der Waals surface area contributed by atoms with Gasteiger partial charge in [-0.05, 0) is 43.2 Å². The lowest BCUT2D eigenvalue weighted by Crippen LogP contribution is -2.50. The number of carbonyl (C=O) groups is 2. The zero-order chi connectivity index (χ0) is 21.3. The first-order valence-corrected chi connectivity index (χ1v) is 9.32. The lowest BCUT2D eigenvalue weighted by Gasteiger charge is -2.22. The van der Waals surface area contributed by atoms with Crippen LogP contribution in [0, 0.1) is 0 Å². The highest BCUT2D eigenvalue weighted by molar-refractivity contribution is 6.00. The third-order valence-electron chi connectivity index (χ3n) is 4.85. The van der Waals surface area contributed by atoms with Gasteiger partial charge in [0.15, 0.2) is 5.82 Å². The van der Waals surface area contributed by atoms with Gasteiger partial charge in [0.2, 0.25) is 5.91 Å². The van der Waals surface area contributed by atoms with Gasteiger partial charge in [-0.25, -0.2) is 4.68 Å². The quantitative estimate of drug-likeness (QED) is 0.685. The lowest BCUT2D eigenvalue weighted by atomic mass is 10.1. The molecule has 30 heavy (non-hydrogen) atoms. The second-order valence-corrected chi connectivity index (χ2v) is 6.89. The Labute approximate surface area is 169 Å². The fourth-order valence-electron chi connectivity index (χ4n) is 3.38. The fourth-order valence-corrected chi connectivity index (χ4v) is 3.38. The highest BCUT2D eigenvalue weighted by atomic mass is 19.4. The van der Waals surface area contributed by atoms with Crippen molar-refractivity contribution >= 4 is 11.8 Å². The van der Waals surface area contributed by atoms with E-state index in [1.165, 1.54) is 23.0 Å². The average Bonchev–Trinajstić information content (AvgIpc) is 3.38. The Morgan fingerprint density at radius 1 is 1.20 bits per heavy atom. The summed E-state index contributed by atoms with van der Waals surface area (Å²) in [7, 11) is 0. The predicted octanol–water partition coefficient (Wildman–Crippen LogP) is 2.69. The molecule has 4 rings (SSSR count). The number of halogens is 3. The van der Waals surface area contributed by atoms with Crippen LogP contribution in [0.1, 0.15) is 28.8 Å². The van der Waals surface area contributed by atoms with E-state index in [1.54, 1.807) is 29.1 Å². The molecule has 1 aliphatic rings.